The molecule has 156 valence electrons. The average molecular weight is 422 g/mol. The van der Waals surface area contributed by atoms with E-state index in [1.54, 1.807) is 6.92 Å². The molecule has 0 aliphatic heterocycles. The van der Waals surface area contributed by atoms with Gasteiger partial charge in [-0.2, -0.15) is 13.2 Å². The van der Waals surface area contributed by atoms with Crippen LogP contribution in [0.2, 0.25) is 0 Å². The van der Waals surface area contributed by atoms with Crippen LogP contribution in [0, 0.1) is 12.7 Å². The van der Waals surface area contributed by atoms with E-state index >= 15 is 0 Å². The zero-order chi connectivity index (χ0) is 22.1. The Kier molecular flexibility index (Phi) is 5.54. The minimum Gasteiger partial charge on any atom is -0.465 e. The largest absolute Gasteiger partial charge is 0.465 e. The smallest absolute Gasteiger partial charge is 0.435 e. The molecule has 0 radical (unpaired) electrons. The van der Waals surface area contributed by atoms with Gasteiger partial charge in [-0.3, -0.25) is 4.79 Å². The monoisotopic (exact) mass is 422 g/mol. The maximum Gasteiger partial charge on any atom is 0.435 e. The molecule has 1 amide bonds. The Balaban J connectivity index is 2.01. The normalized spacial score (nSPS) is 11.3. The number of halogens is 4. The molecule has 0 atom stereocenters. The molecule has 0 spiro atoms. The number of anilines is 1. The van der Waals surface area contributed by atoms with Crippen molar-refractivity contribution in [3.8, 4) is 5.69 Å². The molecule has 30 heavy (non-hydrogen) atoms. The Morgan fingerprint density at radius 3 is 2.37 bits per heavy atom. The zero-order valence-electron chi connectivity index (χ0n) is 15.6. The summed E-state index contributed by atoms with van der Waals surface area (Å²) in [6.45, 7) is 1.59. The Morgan fingerprint density at radius 1 is 1.10 bits per heavy atom. The molecule has 0 aliphatic rings. The van der Waals surface area contributed by atoms with Gasteiger partial charge in [0.15, 0.2) is 11.4 Å². The lowest BCUT2D eigenvalue weighted by molar-refractivity contribution is -0.143. The van der Waals surface area contributed by atoms with E-state index in [-0.39, 0.29) is 16.9 Å². The highest BCUT2D eigenvalue weighted by Crippen LogP contribution is 2.33. The molecule has 0 saturated heterocycles. The molecule has 0 unspecified atom stereocenters. The van der Waals surface area contributed by atoms with Gasteiger partial charge < -0.3 is 10.1 Å². The van der Waals surface area contributed by atoms with Crippen molar-refractivity contribution in [1.29, 1.82) is 0 Å². The predicted molar refractivity (Wildman–Crippen MR) is 96.8 cm³/mol. The number of nitrogens with one attached hydrogen (secondary N) is 1. The van der Waals surface area contributed by atoms with E-state index in [1.165, 1.54) is 25.3 Å². The van der Waals surface area contributed by atoms with Gasteiger partial charge in [0.05, 0.1) is 18.4 Å². The molecule has 0 bridgehead atoms. The quantitative estimate of drug-likeness (QED) is 0.511. The molecule has 1 N–H and O–H groups in total. The number of benzene rings is 2. The second-order valence-electron chi connectivity index (χ2n) is 6.15. The fraction of sp³-hybridized carbons (Fsp3) is 0.158. The van der Waals surface area contributed by atoms with E-state index in [0.717, 1.165) is 24.3 Å². The maximum atomic E-state index is 13.7. The second kappa shape index (κ2) is 7.93. The van der Waals surface area contributed by atoms with Crippen LogP contribution in [0.5, 0.6) is 0 Å². The Bertz CT molecular complexity index is 1110. The zero-order valence-corrected chi connectivity index (χ0v) is 15.6. The second-order valence-corrected chi connectivity index (χ2v) is 6.15. The number of esters is 1. The molecule has 3 rings (SSSR count). The minimum absolute atomic E-state index is 0.101. The lowest BCUT2D eigenvalue weighted by atomic mass is 10.1. The maximum absolute atomic E-state index is 13.7. The summed E-state index contributed by atoms with van der Waals surface area (Å²) >= 11 is 0. The van der Waals surface area contributed by atoms with Gasteiger partial charge >= 0.3 is 12.1 Å². The SMILES string of the molecule is COC(=O)c1ccc(C)c(NC(=O)c2nnn(-c3ccc(F)cc3)c2C(F)(F)F)c1. The van der Waals surface area contributed by atoms with Crippen molar-refractivity contribution in [2.24, 2.45) is 0 Å². The van der Waals surface area contributed by atoms with E-state index in [2.05, 4.69) is 20.4 Å². The molecular formula is C19H14F4N4O3. The van der Waals surface area contributed by atoms with Crippen molar-refractivity contribution in [3.63, 3.8) is 0 Å². The van der Waals surface area contributed by atoms with Crippen LogP contribution in [-0.4, -0.2) is 34.0 Å². The van der Waals surface area contributed by atoms with E-state index in [4.69, 9.17) is 0 Å². The van der Waals surface area contributed by atoms with Crippen LogP contribution in [0.15, 0.2) is 42.5 Å². The van der Waals surface area contributed by atoms with Crippen molar-refractivity contribution in [2.75, 3.05) is 12.4 Å². The molecule has 1 heterocycles. The highest BCUT2D eigenvalue weighted by atomic mass is 19.4. The van der Waals surface area contributed by atoms with Gasteiger partial charge in [0.1, 0.15) is 5.82 Å². The van der Waals surface area contributed by atoms with E-state index in [9.17, 15) is 27.2 Å². The summed E-state index contributed by atoms with van der Waals surface area (Å²) in [4.78, 5) is 24.2. The van der Waals surface area contributed by atoms with Crippen molar-refractivity contribution >= 4 is 17.6 Å². The van der Waals surface area contributed by atoms with Crippen LogP contribution in [0.3, 0.4) is 0 Å². The number of nitrogens with zero attached hydrogens (tertiary/aromatic N) is 3. The molecule has 0 aliphatic carbocycles. The number of hydrogen-bond donors (Lipinski definition) is 1. The van der Waals surface area contributed by atoms with E-state index in [1.807, 2.05) is 0 Å². The van der Waals surface area contributed by atoms with E-state index in [0.29, 0.717) is 10.2 Å². The van der Waals surface area contributed by atoms with Crippen LogP contribution in [-0.2, 0) is 10.9 Å². The minimum atomic E-state index is -4.98. The number of alkyl halides is 3. The Hall–Kier alpha value is -3.76. The molecule has 11 heteroatoms. The van der Waals surface area contributed by atoms with Gasteiger partial charge in [-0.15, -0.1) is 5.10 Å². The summed E-state index contributed by atoms with van der Waals surface area (Å²) in [7, 11) is 1.17. The van der Waals surface area contributed by atoms with Gasteiger partial charge in [0.25, 0.3) is 5.91 Å². The number of hydrogen-bond acceptors (Lipinski definition) is 5. The lowest BCUT2D eigenvalue weighted by Gasteiger charge is -2.12. The topological polar surface area (TPSA) is 86.1 Å². The van der Waals surface area contributed by atoms with Crippen LogP contribution < -0.4 is 5.32 Å². The van der Waals surface area contributed by atoms with Gasteiger partial charge in [-0.05, 0) is 48.9 Å². The number of carbonyl (C=O) groups excluding carboxylic acids is 2. The molecule has 1 aromatic heterocycles. The van der Waals surface area contributed by atoms with Crippen LogP contribution in [0.4, 0.5) is 23.2 Å². The summed E-state index contributed by atoms with van der Waals surface area (Å²) in [6.07, 6.45) is -4.98. The number of rotatable bonds is 4. The van der Waals surface area contributed by atoms with Crippen LogP contribution in [0.25, 0.3) is 5.69 Å². The van der Waals surface area contributed by atoms with Crippen molar-refractivity contribution in [2.45, 2.75) is 13.1 Å². The molecular weight excluding hydrogens is 408 g/mol. The van der Waals surface area contributed by atoms with Crippen molar-refractivity contribution in [3.05, 3.63) is 70.8 Å². The standard InChI is InChI=1S/C19H14F4N4O3/c1-10-3-4-11(18(29)30-2)9-14(10)24-17(28)15-16(19(21,22)23)27(26-25-15)13-7-5-12(20)6-8-13/h3-9H,1-2H3,(H,24,28). The third kappa shape index (κ3) is 4.14. The summed E-state index contributed by atoms with van der Waals surface area (Å²) in [6, 6.07) is 8.29. The number of carbonyl (C=O) groups is 2. The van der Waals surface area contributed by atoms with E-state index < -0.39 is 35.3 Å². The average Bonchev–Trinajstić information content (AvgIpc) is 3.15. The number of amides is 1. The Labute approximate surface area is 167 Å². The van der Waals surface area contributed by atoms with Gasteiger partial charge in [0.2, 0.25) is 0 Å². The summed E-state index contributed by atoms with van der Waals surface area (Å²) in [5.41, 5.74) is -1.82. The number of ether oxygens (including phenoxy) is 1. The first-order chi connectivity index (χ1) is 14.1. The van der Waals surface area contributed by atoms with Gasteiger partial charge in [-0.25, -0.2) is 13.9 Å². The number of aromatic nitrogens is 3. The summed E-state index contributed by atoms with van der Waals surface area (Å²) < 4.78 is 59.2. The highest BCUT2D eigenvalue weighted by Gasteiger charge is 2.42. The molecule has 0 fully saturated rings. The van der Waals surface area contributed by atoms with Crippen LogP contribution in [0.1, 0.15) is 32.1 Å². The fourth-order valence-electron chi connectivity index (χ4n) is 2.64. The molecule has 2 aromatic carbocycles. The van der Waals surface area contributed by atoms with Gasteiger partial charge in [-0.1, -0.05) is 11.3 Å². The number of methoxy groups -OCH3 is 1. The first kappa shape index (κ1) is 21.0. The third-order valence-electron chi connectivity index (χ3n) is 4.13. The van der Waals surface area contributed by atoms with Gasteiger partial charge in [0, 0.05) is 5.69 Å². The summed E-state index contributed by atoms with van der Waals surface area (Å²) in [5.74, 6) is -2.50. The third-order valence-corrected chi connectivity index (χ3v) is 4.13. The van der Waals surface area contributed by atoms with Crippen molar-refractivity contribution < 1.29 is 31.9 Å². The molecule has 7 nitrogen and oxygen atoms in total. The highest BCUT2D eigenvalue weighted by molar-refractivity contribution is 6.05. The first-order valence-electron chi connectivity index (χ1n) is 8.41. The first-order valence-corrected chi connectivity index (χ1v) is 8.41. The van der Waals surface area contributed by atoms with Crippen LogP contribution >= 0.6 is 0 Å². The lowest BCUT2D eigenvalue weighted by Crippen LogP contribution is -2.21. The Morgan fingerprint density at radius 2 is 1.77 bits per heavy atom. The number of aryl methyl sites for hydroxylation is 1. The predicted octanol–water partition coefficient (Wildman–Crippen LogP) is 3.77. The molecule has 3 aromatic rings. The molecule has 0 saturated carbocycles. The fourth-order valence-corrected chi connectivity index (χ4v) is 2.64. The van der Waals surface area contributed by atoms with Crippen molar-refractivity contribution in [1.82, 2.24) is 15.0 Å². The summed E-state index contributed by atoms with van der Waals surface area (Å²) in [5, 5.41) is 9.10.